The van der Waals surface area contributed by atoms with E-state index in [4.69, 9.17) is 0 Å². The van der Waals surface area contributed by atoms with Gasteiger partial charge in [-0.3, -0.25) is 4.79 Å². The van der Waals surface area contributed by atoms with E-state index in [9.17, 15) is 4.79 Å². The Morgan fingerprint density at radius 2 is 1.88 bits per heavy atom. The van der Waals surface area contributed by atoms with Gasteiger partial charge in [0.25, 0.3) is 0 Å². The van der Waals surface area contributed by atoms with Crippen molar-refractivity contribution in [2.24, 2.45) is 0 Å². The fourth-order valence-electron chi connectivity index (χ4n) is 2.22. The van der Waals surface area contributed by atoms with Crippen LogP contribution in [0.15, 0.2) is 62.7 Å². The highest BCUT2D eigenvalue weighted by Gasteiger charge is 2.08. The Morgan fingerprint density at radius 1 is 1.16 bits per heavy atom. The molecule has 0 radical (unpaired) electrons. The number of hydrogen-bond acceptors (Lipinski definition) is 4. The summed E-state index contributed by atoms with van der Waals surface area (Å²) in [5, 5.41) is 4.94. The number of anilines is 1. The highest BCUT2D eigenvalue weighted by molar-refractivity contribution is 9.10. The number of benzene rings is 2. The van der Waals surface area contributed by atoms with Gasteiger partial charge in [-0.25, -0.2) is 4.98 Å². The Bertz CT molecular complexity index is 845. The quantitative estimate of drug-likeness (QED) is 0.495. The molecular formula is C19H17BrN2OS2. The largest absolute Gasteiger partial charge is 0.325 e. The van der Waals surface area contributed by atoms with Crippen LogP contribution in [0.3, 0.4) is 0 Å². The number of aromatic nitrogens is 1. The zero-order valence-corrected chi connectivity index (χ0v) is 16.9. The summed E-state index contributed by atoms with van der Waals surface area (Å²) in [5.74, 6) is 0.331. The van der Waals surface area contributed by atoms with Gasteiger partial charge in [-0.05, 0) is 36.2 Å². The van der Waals surface area contributed by atoms with Crippen molar-refractivity contribution in [3.8, 4) is 11.3 Å². The van der Waals surface area contributed by atoms with Gasteiger partial charge in [0, 0.05) is 21.1 Å². The van der Waals surface area contributed by atoms with Crippen molar-refractivity contribution in [1.29, 1.82) is 0 Å². The zero-order chi connectivity index (χ0) is 17.6. The lowest BCUT2D eigenvalue weighted by Crippen LogP contribution is -2.13. The highest BCUT2D eigenvalue weighted by atomic mass is 79.9. The minimum atomic E-state index is -0.0189. The predicted molar refractivity (Wildman–Crippen MR) is 110 cm³/mol. The Labute approximate surface area is 164 Å². The average molecular weight is 433 g/mol. The number of thioether (sulfide) groups is 1. The second-order valence-corrected chi connectivity index (χ2v) is 8.39. The van der Waals surface area contributed by atoms with E-state index < -0.39 is 0 Å². The van der Waals surface area contributed by atoms with Gasteiger partial charge < -0.3 is 5.32 Å². The summed E-state index contributed by atoms with van der Waals surface area (Å²) in [5.41, 5.74) is 4.11. The predicted octanol–water partition coefficient (Wildman–Crippen LogP) is 5.87. The van der Waals surface area contributed by atoms with E-state index in [1.54, 1.807) is 11.3 Å². The number of carbonyl (C=O) groups is 1. The van der Waals surface area contributed by atoms with Crippen LogP contribution < -0.4 is 5.32 Å². The minimum Gasteiger partial charge on any atom is -0.325 e. The first-order valence-electron chi connectivity index (χ1n) is 7.87. The SMILES string of the molecule is CCc1ccc(NC(=O)CSc2nc(-c3ccc(Br)cc3)cs2)cc1. The molecule has 0 saturated heterocycles. The fraction of sp³-hybridized carbons (Fsp3) is 0.158. The molecule has 6 heteroatoms. The van der Waals surface area contributed by atoms with Crippen LogP contribution in [0, 0.1) is 0 Å². The minimum absolute atomic E-state index is 0.0189. The van der Waals surface area contributed by atoms with E-state index >= 15 is 0 Å². The van der Waals surface area contributed by atoms with Gasteiger partial charge in [-0.15, -0.1) is 11.3 Å². The molecule has 128 valence electrons. The molecule has 1 heterocycles. The molecule has 0 unspecified atom stereocenters. The van der Waals surface area contributed by atoms with E-state index in [1.807, 2.05) is 53.9 Å². The van der Waals surface area contributed by atoms with Crippen molar-refractivity contribution in [1.82, 2.24) is 4.98 Å². The van der Waals surface area contributed by atoms with Crippen molar-refractivity contribution in [3.63, 3.8) is 0 Å². The van der Waals surface area contributed by atoms with E-state index in [0.29, 0.717) is 5.75 Å². The van der Waals surface area contributed by atoms with Crippen LogP contribution in [0.1, 0.15) is 12.5 Å². The van der Waals surface area contributed by atoms with Gasteiger partial charge in [-0.1, -0.05) is 58.9 Å². The first kappa shape index (κ1) is 18.2. The van der Waals surface area contributed by atoms with Gasteiger partial charge in [0.05, 0.1) is 11.4 Å². The summed E-state index contributed by atoms with van der Waals surface area (Å²) in [6.45, 7) is 2.11. The molecule has 2 aromatic carbocycles. The van der Waals surface area contributed by atoms with Gasteiger partial charge in [0.2, 0.25) is 5.91 Å². The molecule has 3 rings (SSSR count). The van der Waals surface area contributed by atoms with E-state index in [-0.39, 0.29) is 5.91 Å². The molecule has 0 saturated carbocycles. The van der Waals surface area contributed by atoms with Crippen molar-refractivity contribution >= 4 is 50.6 Å². The summed E-state index contributed by atoms with van der Waals surface area (Å²) < 4.78 is 1.94. The van der Waals surface area contributed by atoms with Crippen molar-refractivity contribution in [2.75, 3.05) is 11.1 Å². The Morgan fingerprint density at radius 3 is 2.56 bits per heavy atom. The third-order valence-electron chi connectivity index (χ3n) is 3.60. The molecule has 0 aliphatic rings. The lowest BCUT2D eigenvalue weighted by Gasteiger charge is -2.05. The molecule has 0 aliphatic heterocycles. The van der Waals surface area contributed by atoms with Crippen molar-refractivity contribution in [3.05, 3.63) is 63.9 Å². The fourth-order valence-corrected chi connectivity index (χ4v) is 4.12. The van der Waals surface area contributed by atoms with Gasteiger partial charge in [0.1, 0.15) is 0 Å². The van der Waals surface area contributed by atoms with Crippen molar-refractivity contribution < 1.29 is 4.79 Å². The number of amides is 1. The standard InChI is InChI=1S/C19H17BrN2OS2/c1-2-13-3-9-16(10-4-13)21-18(23)12-25-19-22-17(11-24-19)14-5-7-15(20)8-6-14/h3-11H,2,12H2,1H3,(H,21,23). The van der Waals surface area contributed by atoms with Crippen LogP contribution in [0.25, 0.3) is 11.3 Å². The molecule has 25 heavy (non-hydrogen) atoms. The number of thiazole rings is 1. The maximum Gasteiger partial charge on any atom is 0.234 e. The zero-order valence-electron chi connectivity index (χ0n) is 13.7. The maximum atomic E-state index is 12.1. The Kier molecular flexibility index (Phi) is 6.29. The molecule has 0 atom stereocenters. The monoisotopic (exact) mass is 432 g/mol. The normalized spacial score (nSPS) is 10.6. The van der Waals surface area contributed by atoms with Crippen LogP contribution in [-0.4, -0.2) is 16.6 Å². The summed E-state index contributed by atoms with van der Waals surface area (Å²) in [7, 11) is 0. The molecule has 0 fully saturated rings. The molecule has 0 spiro atoms. The maximum absolute atomic E-state index is 12.1. The third-order valence-corrected chi connectivity index (χ3v) is 6.15. The number of nitrogens with one attached hydrogen (secondary N) is 1. The van der Waals surface area contributed by atoms with E-state index in [2.05, 4.69) is 33.2 Å². The summed E-state index contributed by atoms with van der Waals surface area (Å²) in [6.07, 6.45) is 0.995. The number of rotatable bonds is 6. The Balaban J connectivity index is 1.54. The number of halogens is 1. The van der Waals surface area contributed by atoms with Crippen LogP contribution in [-0.2, 0) is 11.2 Å². The van der Waals surface area contributed by atoms with Crippen LogP contribution in [0.2, 0.25) is 0 Å². The first-order valence-corrected chi connectivity index (χ1v) is 10.5. The van der Waals surface area contributed by atoms with E-state index in [0.717, 1.165) is 32.2 Å². The van der Waals surface area contributed by atoms with Crippen LogP contribution in [0.5, 0.6) is 0 Å². The molecule has 1 N–H and O–H groups in total. The average Bonchev–Trinajstić information content (AvgIpc) is 3.10. The summed E-state index contributed by atoms with van der Waals surface area (Å²) in [6, 6.07) is 16.0. The lowest BCUT2D eigenvalue weighted by atomic mass is 10.1. The molecule has 3 aromatic rings. The van der Waals surface area contributed by atoms with Gasteiger partial charge in [-0.2, -0.15) is 0 Å². The second-order valence-electron chi connectivity index (χ2n) is 5.39. The Hall–Kier alpha value is -1.63. The topological polar surface area (TPSA) is 42.0 Å². The van der Waals surface area contributed by atoms with Crippen LogP contribution in [0.4, 0.5) is 5.69 Å². The number of aryl methyl sites for hydroxylation is 1. The summed E-state index contributed by atoms with van der Waals surface area (Å²) in [4.78, 5) is 16.7. The molecule has 3 nitrogen and oxygen atoms in total. The number of nitrogens with zero attached hydrogens (tertiary/aromatic N) is 1. The van der Waals surface area contributed by atoms with Crippen molar-refractivity contribution in [2.45, 2.75) is 17.7 Å². The van der Waals surface area contributed by atoms with E-state index in [1.165, 1.54) is 17.3 Å². The number of carbonyl (C=O) groups excluding carboxylic acids is 1. The van der Waals surface area contributed by atoms with Crippen LogP contribution >= 0.6 is 39.0 Å². The third kappa shape index (κ3) is 5.17. The highest BCUT2D eigenvalue weighted by Crippen LogP contribution is 2.29. The second kappa shape index (κ2) is 8.65. The first-order chi connectivity index (χ1) is 12.1. The number of hydrogen-bond donors (Lipinski definition) is 1. The molecule has 0 bridgehead atoms. The summed E-state index contributed by atoms with van der Waals surface area (Å²) >= 11 is 6.45. The molecule has 0 aliphatic carbocycles. The molecule has 1 aromatic heterocycles. The molecular weight excluding hydrogens is 416 g/mol. The van der Waals surface area contributed by atoms with Gasteiger partial charge >= 0.3 is 0 Å². The van der Waals surface area contributed by atoms with Gasteiger partial charge in [0.15, 0.2) is 4.34 Å². The molecule has 1 amide bonds. The lowest BCUT2D eigenvalue weighted by molar-refractivity contribution is -0.113. The smallest absolute Gasteiger partial charge is 0.234 e.